The van der Waals surface area contributed by atoms with Crippen LogP contribution in [-0.2, 0) is 5.60 Å². The summed E-state index contributed by atoms with van der Waals surface area (Å²) in [5.74, 6) is -0.121. The molecule has 2 aromatic carbocycles. The van der Waals surface area contributed by atoms with Gasteiger partial charge in [-0.2, -0.15) is 0 Å². The molecule has 0 heterocycles. The van der Waals surface area contributed by atoms with Gasteiger partial charge in [-0.1, -0.05) is 35.9 Å². The molecule has 2 atom stereocenters. The second kappa shape index (κ2) is 8.80. The summed E-state index contributed by atoms with van der Waals surface area (Å²) in [5.41, 5.74) is 2.08. The Bertz CT molecular complexity index is 905. The summed E-state index contributed by atoms with van der Waals surface area (Å²) in [7, 11) is 5.67. The third-order valence-electron chi connectivity index (χ3n) is 5.65. The van der Waals surface area contributed by atoms with Crippen LogP contribution >= 0.6 is 0 Å². The molecule has 0 bridgehead atoms. The van der Waals surface area contributed by atoms with Crippen molar-refractivity contribution < 1.29 is 19.7 Å². The van der Waals surface area contributed by atoms with Crippen LogP contribution in [0.5, 0.6) is 5.75 Å². The second-order valence-corrected chi connectivity index (χ2v) is 8.06. The maximum atomic E-state index is 11.8. The smallest absolute Gasteiger partial charge is 0.335 e. The molecule has 0 aliphatic heterocycles. The number of nitrogens with zero attached hydrogens (tertiary/aromatic N) is 1. The summed E-state index contributed by atoms with van der Waals surface area (Å²) in [6, 6.07) is 14.6. The van der Waals surface area contributed by atoms with Gasteiger partial charge in [0.2, 0.25) is 0 Å². The SMILES string of the molecule is COc1cccc(C2(O)C/C(=C\c3cccc(C(=O)O)c3)CCC2CN(C)C)c1. The van der Waals surface area contributed by atoms with Gasteiger partial charge in [0.1, 0.15) is 5.75 Å². The zero-order valence-corrected chi connectivity index (χ0v) is 17.3. The molecule has 154 valence electrons. The van der Waals surface area contributed by atoms with Crippen LogP contribution < -0.4 is 4.74 Å². The highest BCUT2D eigenvalue weighted by Crippen LogP contribution is 2.45. The average molecular weight is 395 g/mol. The fraction of sp³-hybridized carbons (Fsp3) is 0.375. The van der Waals surface area contributed by atoms with Crippen molar-refractivity contribution in [1.29, 1.82) is 0 Å². The zero-order valence-electron chi connectivity index (χ0n) is 17.3. The summed E-state index contributed by atoms with van der Waals surface area (Å²) >= 11 is 0. The Kier molecular flexibility index (Phi) is 6.40. The molecule has 1 aliphatic carbocycles. The third kappa shape index (κ3) is 4.86. The summed E-state index contributed by atoms with van der Waals surface area (Å²) in [5, 5.41) is 21.1. The van der Waals surface area contributed by atoms with Crippen molar-refractivity contribution in [1.82, 2.24) is 4.90 Å². The number of carboxylic acids is 1. The minimum absolute atomic E-state index is 0.0899. The van der Waals surface area contributed by atoms with E-state index in [1.807, 2.05) is 50.5 Å². The average Bonchev–Trinajstić information content (AvgIpc) is 2.70. The van der Waals surface area contributed by atoms with Crippen molar-refractivity contribution in [3.8, 4) is 5.75 Å². The van der Waals surface area contributed by atoms with E-state index in [2.05, 4.69) is 4.90 Å². The molecule has 2 N–H and O–H groups in total. The van der Waals surface area contributed by atoms with Crippen LogP contribution in [0.3, 0.4) is 0 Å². The number of aliphatic hydroxyl groups is 1. The first-order valence-corrected chi connectivity index (χ1v) is 9.86. The molecule has 2 aromatic rings. The lowest BCUT2D eigenvalue weighted by Gasteiger charge is -2.43. The normalized spacial score (nSPS) is 23.3. The van der Waals surface area contributed by atoms with Crippen LogP contribution in [0.1, 0.15) is 40.7 Å². The van der Waals surface area contributed by atoms with Crippen LogP contribution in [0.15, 0.2) is 54.1 Å². The third-order valence-corrected chi connectivity index (χ3v) is 5.65. The molecule has 29 heavy (non-hydrogen) atoms. The van der Waals surface area contributed by atoms with Crippen LogP contribution in [0.25, 0.3) is 6.08 Å². The molecule has 1 saturated carbocycles. The number of aromatic carboxylic acids is 1. The number of methoxy groups -OCH3 is 1. The molecular formula is C24H29NO4. The van der Waals surface area contributed by atoms with Gasteiger partial charge in [0.05, 0.1) is 18.3 Å². The first kappa shape index (κ1) is 21.1. The van der Waals surface area contributed by atoms with E-state index in [-0.39, 0.29) is 11.5 Å². The highest BCUT2D eigenvalue weighted by Gasteiger charge is 2.42. The quantitative estimate of drug-likeness (QED) is 0.773. The van der Waals surface area contributed by atoms with Gasteiger partial charge >= 0.3 is 5.97 Å². The summed E-state index contributed by atoms with van der Waals surface area (Å²) in [6.45, 7) is 0.787. The minimum Gasteiger partial charge on any atom is -0.497 e. The highest BCUT2D eigenvalue weighted by molar-refractivity contribution is 5.88. The van der Waals surface area contributed by atoms with E-state index >= 15 is 0 Å². The number of hydrogen-bond donors (Lipinski definition) is 2. The molecular weight excluding hydrogens is 366 g/mol. The van der Waals surface area contributed by atoms with E-state index in [0.29, 0.717) is 6.42 Å². The van der Waals surface area contributed by atoms with Crippen LogP contribution in [0.4, 0.5) is 0 Å². The largest absolute Gasteiger partial charge is 0.497 e. The van der Waals surface area contributed by atoms with Gasteiger partial charge < -0.3 is 19.8 Å². The molecule has 3 rings (SSSR count). The van der Waals surface area contributed by atoms with Crippen molar-refractivity contribution in [3.63, 3.8) is 0 Å². The van der Waals surface area contributed by atoms with Gasteiger partial charge in [0.25, 0.3) is 0 Å². The van der Waals surface area contributed by atoms with E-state index in [1.54, 1.807) is 25.3 Å². The molecule has 0 aromatic heterocycles. The predicted octanol–water partition coefficient (Wildman–Crippen LogP) is 4.03. The van der Waals surface area contributed by atoms with Gasteiger partial charge in [-0.25, -0.2) is 4.79 Å². The number of rotatable bonds is 6. The Labute approximate surface area is 172 Å². The molecule has 0 amide bonds. The van der Waals surface area contributed by atoms with Gasteiger partial charge in [-0.3, -0.25) is 0 Å². The van der Waals surface area contributed by atoms with Crippen molar-refractivity contribution >= 4 is 12.0 Å². The Hall–Kier alpha value is -2.63. The molecule has 0 spiro atoms. The lowest BCUT2D eigenvalue weighted by atomic mass is 9.69. The van der Waals surface area contributed by atoms with Crippen molar-refractivity contribution in [2.75, 3.05) is 27.7 Å². The highest BCUT2D eigenvalue weighted by atomic mass is 16.5. The molecule has 1 fully saturated rings. The molecule has 2 unspecified atom stereocenters. The molecule has 5 heteroatoms. The first-order chi connectivity index (χ1) is 13.8. The van der Waals surface area contributed by atoms with Crippen molar-refractivity contribution in [2.45, 2.75) is 24.9 Å². The predicted molar refractivity (Wildman–Crippen MR) is 114 cm³/mol. The number of hydrogen-bond acceptors (Lipinski definition) is 4. The standard InChI is InChI=1S/C24H29NO4/c1-25(2)16-21-11-10-18(12-17-6-4-7-19(13-17)23(26)27)15-24(21,28)20-8-5-9-22(14-20)29-3/h4-9,12-14,21,28H,10-11,15-16H2,1-3H3,(H,26,27)/b18-12-. The van der Waals surface area contributed by atoms with E-state index < -0.39 is 11.6 Å². The van der Waals surface area contributed by atoms with Crippen LogP contribution in [-0.4, -0.2) is 48.8 Å². The van der Waals surface area contributed by atoms with E-state index in [4.69, 9.17) is 4.74 Å². The minimum atomic E-state index is -1.01. The van der Waals surface area contributed by atoms with Gasteiger partial charge in [0, 0.05) is 18.9 Å². The monoisotopic (exact) mass is 395 g/mol. The zero-order chi connectivity index (χ0) is 21.0. The summed E-state index contributed by atoms with van der Waals surface area (Å²) < 4.78 is 5.37. The molecule has 0 saturated heterocycles. The Morgan fingerprint density at radius 1 is 1.24 bits per heavy atom. The van der Waals surface area contributed by atoms with Crippen molar-refractivity contribution in [3.05, 3.63) is 70.8 Å². The van der Waals surface area contributed by atoms with Crippen LogP contribution in [0.2, 0.25) is 0 Å². The topological polar surface area (TPSA) is 70.0 Å². The lowest BCUT2D eigenvalue weighted by molar-refractivity contribution is -0.0472. The van der Waals surface area contributed by atoms with Crippen molar-refractivity contribution in [2.24, 2.45) is 5.92 Å². The number of carboxylic acid groups (broad SMARTS) is 1. The Balaban J connectivity index is 1.96. The van der Waals surface area contributed by atoms with Gasteiger partial charge in [0.15, 0.2) is 0 Å². The summed E-state index contributed by atoms with van der Waals surface area (Å²) in [6.07, 6.45) is 4.26. The van der Waals surface area contributed by atoms with Crippen LogP contribution in [0, 0.1) is 5.92 Å². The molecule has 5 nitrogen and oxygen atoms in total. The summed E-state index contributed by atoms with van der Waals surface area (Å²) in [4.78, 5) is 13.4. The van der Waals surface area contributed by atoms with E-state index in [9.17, 15) is 15.0 Å². The number of carbonyl (C=O) groups is 1. The fourth-order valence-electron chi connectivity index (χ4n) is 4.21. The number of ether oxygens (including phenoxy) is 1. The first-order valence-electron chi connectivity index (χ1n) is 9.86. The van der Waals surface area contributed by atoms with E-state index in [1.165, 1.54) is 0 Å². The maximum Gasteiger partial charge on any atom is 0.335 e. The molecule has 1 aliphatic rings. The Morgan fingerprint density at radius 2 is 2.00 bits per heavy atom. The van der Waals surface area contributed by atoms with Gasteiger partial charge in [-0.05, 0) is 62.3 Å². The molecule has 0 radical (unpaired) electrons. The second-order valence-electron chi connectivity index (χ2n) is 8.06. The fourth-order valence-corrected chi connectivity index (χ4v) is 4.21. The number of benzene rings is 2. The lowest BCUT2D eigenvalue weighted by Crippen LogP contribution is -2.43. The van der Waals surface area contributed by atoms with Gasteiger partial charge in [-0.15, -0.1) is 0 Å². The van der Waals surface area contributed by atoms with E-state index in [0.717, 1.165) is 41.8 Å². The Morgan fingerprint density at radius 3 is 2.69 bits per heavy atom. The maximum absolute atomic E-state index is 11.8.